The van der Waals surface area contributed by atoms with Crippen molar-refractivity contribution in [2.24, 2.45) is 0 Å². The number of rotatable bonds is 5. The molecule has 0 amide bonds. The Labute approximate surface area is 128 Å². The van der Waals surface area contributed by atoms with Crippen LogP contribution in [0, 0.1) is 11.8 Å². The van der Waals surface area contributed by atoms with Crippen LogP contribution in [0.25, 0.3) is 0 Å². The number of aryl methyl sites for hydroxylation is 1. The lowest BCUT2D eigenvalue weighted by Gasteiger charge is -2.11. The van der Waals surface area contributed by atoms with Gasteiger partial charge in [-0.25, -0.2) is 4.98 Å². The van der Waals surface area contributed by atoms with Gasteiger partial charge in [0.25, 0.3) is 0 Å². The van der Waals surface area contributed by atoms with Crippen LogP contribution in [-0.2, 0) is 4.84 Å². The standard InChI is InChI=1S/C12H13BrN3O3S/c1-7-6-20-12(15-7)8(2)19-10-4-9(13)5-14-11(10)16(17)18-3/h4-6,8H,1-3H3/q+1. The fourth-order valence-electron chi connectivity index (χ4n) is 1.52. The molecule has 0 radical (unpaired) electrons. The first-order valence-electron chi connectivity index (χ1n) is 5.77. The van der Waals surface area contributed by atoms with Gasteiger partial charge in [0.15, 0.2) is 11.1 Å². The van der Waals surface area contributed by atoms with Crippen molar-refractivity contribution < 1.29 is 14.5 Å². The summed E-state index contributed by atoms with van der Waals surface area (Å²) in [6.07, 6.45) is 1.22. The average Bonchev–Trinajstić information content (AvgIpc) is 2.85. The fraction of sp³-hybridized carbons (Fsp3) is 0.333. The lowest BCUT2D eigenvalue weighted by molar-refractivity contribution is -0.739. The van der Waals surface area contributed by atoms with E-state index < -0.39 is 0 Å². The van der Waals surface area contributed by atoms with Gasteiger partial charge in [-0.3, -0.25) is 0 Å². The molecule has 1 unspecified atom stereocenters. The number of halogens is 1. The largest absolute Gasteiger partial charge is 0.475 e. The van der Waals surface area contributed by atoms with Gasteiger partial charge in [-0.05, 0) is 39.7 Å². The van der Waals surface area contributed by atoms with E-state index in [-0.39, 0.29) is 11.9 Å². The van der Waals surface area contributed by atoms with Gasteiger partial charge in [0.05, 0.1) is 4.47 Å². The second-order valence-corrected chi connectivity index (χ2v) is 5.81. The number of hydrogen-bond acceptors (Lipinski definition) is 6. The van der Waals surface area contributed by atoms with E-state index in [4.69, 9.17) is 4.74 Å². The molecule has 0 aliphatic heterocycles. The maximum Gasteiger partial charge on any atom is 0.450 e. The Morgan fingerprint density at radius 1 is 1.50 bits per heavy atom. The van der Waals surface area contributed by atoms with Gasteiger partial charge in [0, 0.05) is 17.1 Å². The van der Waals surface area contributed by atoms with Gasteiger partial charge in [-0.2, -0.15) is 0 Å². The molecule has 106 valence electrons. The van der Waals surface area contributed by atoms with Crippen LogP contribution >= 0.6 is 27.3 Å². The summed E-state index contributed by atoms with van der Waals surface area (Å²) in [6, 6.07) is 1.67. The van der Waals surface area contributed by atoms with E-state index in [1.54, 1.807) is 6.07 Å². The highest BCUT2D eigenvalue weighted by atomic mass is 79.9. The van der Waals surface area contributed by atoms with Crippen LogP contribution in [-0.4, -0.2) is 22.0 Å². The molecule has 2 rings (SSSR count). The van der Waals surface area contributed by atoms with Crippen LogP contribution < -0.4 is 4.74 Å². The maximum absolute atomic E-state index is 11.6. The lowest BCUT2D eigenvalue weighted by Crippen LogP contribution is -2.08. The molecule has 0 aliphatic rings. The smallest absolute Gasteiger partial charge is 0.450 e. The van der Waals surface area contributed by atoms with E-state index in [9.17, 15) is 4.91 Å². The van der Waals surface area contributed by atoms with E-state index in [2.05, 4.69) is 30.7 Å². The van der Waals surface area contributed by atoms with Gasteiger partial charge in [0.2, 0.25) is 5.75 Å². The average molecular weight is 359 g/mol. The van der Waals surface area contributed by atoms with Crippen LogP contribution in [0.5, 0.6) is 5.75 Å². The Kier molecular flexibility index (Phi) is 4.66. The predicted octanol–water partition coefficient (Wildman–Crippen LogP) is 3.72. The summed E-state index contributed by atoms with van der Waals surface area (Å²) in [7, 11) is 1.27. The molecule has 0 saturated carbocycles. The summed E-state index contributed by atoms with van der Waals surface area (Å²) in [4.78, 5) is 24.9. The highest BCUT2D eigenvalue weighted by Gasteiger charge is 2.26. The van der Waals surface area contributed by atoms with Crippen molar-refractivity contribution in [3.8, 4) is 5.75 Å². The lowest BCUT2D eigenvalue weighted by atomic mass is 10.4. The van der Waals surface area contributed by atoms with Crippen molar-refractivity contribution in [2.75, 3.05) is 7.11 Å². The minimum absolute atomic E-state index is 0.0656. The van der Waals surface area contributed by atoms with E-state index >= 15 is 0 Å². The summed E-state index contributed by atoms with van der Waals surface area (Å²) >= 11 is 4.81. The quantitative estimate of drug-likeness (QED) is 0.762. The van der Waals surface area contributed by atoms with Crippen molar-refractivity contribution >= 4 is 33.1 Å². The van der Waals surface area contributed by atoms with Crippen LogP contribution in [0.15, 0.2) is 22.1 Å². The van der Waals surface area contributed by atoms with Crippen molar-refractivity contribution in [2.45, 2.75) is 20.0 Å². The molecule has 0 fully saturated rings. The number of ether oxygens (including phenoxy) is 1. The first-order valence-corrected chi connectivity index (χ1v) is 7.44. The Hall–Kier alpha value is -1.54. The minimum Gasteiger partial charge on any atom is -0.475 e. The zero-order valence-corrected chi connectivity index (χ0v) is 13.6. The predicted molar refractivity (Wildman–Crippen MR) is 78.1 cm³/mol. The fourth-order valence-corrected chi connectivity index (χ4v) is 2.61. The van der Waals surface area contributed by atoms with E-state index in [1.807, 2.05) is 19.2 Å². The van der Waals surface area contributed by atoms with Crippen LogP contribution in [0.4, 0.5) is 5.82 Å². The third kappa shape index (κ3) is 3.31. The molecule has 6 nitrogen and oxygen atoms in total. The van der Waals surface area contributed by atoms with E-state index in [0.29, 0.717) is 15.1 Å². The second-order valence-electron chi connectivity index (χ2n) is 4.00. The molecule has 0 bridgehead atoms. The number of pyridine rings is 1. The summed E-state index contributed by atoms with van der Waals surface area (Å²) in [5.41, 5.74) is 0.940. The monoisotopic (exact) mass is 358 g/mol. The maximum atomic E-state index is 11.6. The van der Waals surface area contributed by atoms with Crippen LogP contribution in [0.3, 0.4) is 0 Å². The molecule has 2 heterocycles. The van der Waals surface area contributed by atoms with Gasteiger partial charge in [-0.1, -0.05) is 0 Å². The molecule has 1 atom stereocenters. The Morgan fingerprint density at radius 3 is 2.85 bits per heavy atom. The third-order valence-electron chi connectivity index (χ3n) is 2.43. The first-order chi connectivity index (χ1) is 9.51. The number of hydrogen-bond donors (Lipinski definition) is 0. The molecule has 8 heteroatoms. The molecule has 0 aliphatic carbocycles. The zero-order valence-electron chi connectivity index (χ0n) is 11.2. The SMILES string of the molecule is CO[N+](=O)c1ncc(Br)cc1OC(C)c1nc(C)cs1. The molecular weight excluding hydrogens is 346 g/mol. The highest BCUT2D eigenvalue weighted by Crippen LogP contribution is 2.32. The van der Waals surface area contributed by atoms with Gasteiger partial charge >= 0.3 is 5.82 Å². The number of aromatic nitrogens is 2. The van der Waals surface area contributed by atoms with Crippen molar-refractivity contribution in [3.05, 3.63) is 37.7 Å². The third-order valence-corrected chi connectivity index (χ3v) is 3.98. The second kappa shape index (κ2) is 6.27. The Morgan fingerprint density at radius 2 is 2.25 bits per heavy atom. The molecule has 0 saturated heterocycles. The first kappa shape index (κ1) is 14.9. The zero-order chi connectivity index (χ0) is 14.7. The number of thiazole rings is 1. The van der Waals surface area contributed by atoms with Crippen molar-refractivity contribution in [1.29, 1.82) is 0 Å². The summed E-state index contributed by atoms with van der Waals surface area (Å²) in [5.74, 6) is 0.396. The van der Waals surface area contributed by atoms with Gasteiger partial charge in [-0.15, -0.1) is 11.3 Å². The van der Waals surface area contributed by atoms with Crippen LogP contribution in [0.2, 0.25) is 0 Å². The normalized spacial score (nSPS) is 12.0. The van der Waals surface area contributed by atoms with Gasteiger partial charge in [0.1, 0.15) is 18.2 Å². The summed E-state index contributed by atoms with van der Waals surface area (Å²) < 4.78 is 6.49. The Balaban J connectivity index is 2.28. The minimum atomic E-state index is -0.284. The van der Waals surface area contributed by atoms with Gasteiger partial charge < -0.3 is 9.57 Å². The molecule has 0 spiro atoms. The highest BCUT2D eigenvalue weighted by molar-refractivity contribution is 9.10. The Bertz CT molecular complexity index is 632. The van der Waals surface area contributed by atoms with Crippen LogP contribution in [0.1, 0.15) is 23.7 Å². The van der Waals surface area contributed by atoms with E-state index in [1.165, 1.54) is 24.6 Å². The van der Waals surface area contributed by atoms with E-state index in [0.717, 1.165) is 10.7 Å². The molecule has 2 aromatic heterocycles. The molecule has 0 N–H and O–H groups in total. The summed E-state index contributed by atoms with van der Waals surface area (Å²) in [6.45, 7) is 3.79. The number of nitrogens with zero attached hydrogens (tertiary/aromatic N) is 3. The molecule has 0 aromatic carbocycles. The van der Waals surface area contributed by atoms with Crippen molar-refractivity contribution in [1.82, 2.24) is 9.97 Å². The topological polar surface area (TPSA) is 64.3 Å². The molecule has 20 heavy (non-hydrogen) atoms. The summed E-state index contributed by atoms with van der Waals surface area (Å²) in [5, 5.41) is 2.79. The molecular formula is C12H13BrN3O3S+. The molecule has 2 aromatic rings. The van der Waals surface area contributed by atoms with Crippen molar-refractivity contribution in [3.63, 3.8) is 0 Å².